The average Bonchev–Trinajstić information content (AvgIpc) is 3.16. The first kappa shape index (κ1) is 13.8. The quantitative estimate of drug-likeness (QED) is 0.685. The predicted octanol–water partition coefficient (Wildman–Crippen LogP) is 3.32. The van der Waals surface area contributed by atoms with Crippen LogP contribution in [0.5, 0.6) is 5.75 Å². The van der Waals surface area contributed by atoms with Crippen LogP contribution in [0.4, 0.5) is 0 Å². The molecule has 0 aliphatic carbocycles. The third-order valence-electron chi connectivity index (χ3n) is 2.89. The maximum atomic E-state index is 5.73. The molecule has 0 amide bonds. The molecule has 0 atom stereocenters. The van der Waals surface area contributed by atoms with Gasteiger partial charge in [0, 0.05) is 4.88 Å². The highest BCUT2D eigenvalue weighted by Crippen LogP contribution is 2.16. The lowest BCUT2D eigenvalue weighted by Gasteiger charge is -2.08. The molecule has 7 heteroatoms. The smallest absolute Gasteiger partial charge is 0.214 e. The molecule has 3 rings (SSSR count). The van der Waals surface area contributed by atoms with Crippen LogP contribution in [0.25, 0.3) is 0 Å². The molecule has 0 spiro atoms. The van der Waals surface area contributed by atoms with Crippen molar-refractivity contribution in [1.82, 2.24) is 14.9 Å². The van der Waals surface area contributed by atoms with Crippen LogP contribution in [0.2, 0.25) is 0 Å². The Kier molecular flexibility index (Phi) is 4.32. The molecule has 2 heterocycles. The maximum Gasteiger partial charge on any atom is 0.214 e. The van der Waals surface area contributed by atoms with E-state index < -0.39 is 0 Å². The number of aromatic nitrogens is 3. The van der Waals surface area contributed by atoms with Gasteiger partial charge < -0.3 is 10.2 Å². The molecule has 3 aromatic rings. The topological polar surface area (TPSA) is 54.9 Å². The summed E-state index contributed by atoms with van der Waals surface area (Å²) in [5.74, 6) is 0.868. The van der Waals surface area contributed by atoms with Crippen molar-refractivity contribution in [3.63, 3.8) is 0 Å². The van der Waals surface area contributed by atoms with Crippen LogP contribution in [-0.4, -0.2) is 14.9 Å². The number of H-pyrrole nitrogens is 1. The van der Waals surface area contributed by atoms with Gasteiger partial charge in [0.05, 0.1) is 6.54 Å². The fourth-order valence-electron chi connectivity index (χ4n) is 1.79. The average molecular weight is 318 g/mol. The summed E-state index contributed by atoms with van der Waals surface area (Å²) in [6.45, 7) is 1.28. The fraction of sp³-hybridized carbons (Fsp3) is 0.143. The van der Waals surface area contributed by atoms with Gasteiger partial charge in [-0.1, -0.05) is 18.2 Å². The molecule has 21 heavy (non-hydrogen) atoms. The van der Waals surface area contributed by atoms with Gasteiger partial charge in [0.25, 0.3) is 0 Å². The lowest BCUT2D eigenvalue weighted by atomic mass is 10.2. The van der Waals surface area contributed by atoms with Crippen LogP contribution in [0.3, 0.4) is 0 Å². The third kappa shape index (κ3) is 3.71. The number of thiophene rings is 1. The normalized spacial score (nSPS) is 10.5. The molecule has 108 valence electrons. The van der Waals surface area contributed by atoms with E-state index in [9.17, 15) is 0 Å². The van der Waals surface area contributed by atoms with E-state index in [0.717, 1.165) is 11.3 Å². The van der Waals surface area contributed by atoms with E-state index >= 15 is 0 Å². The van der Waals surface area contributed by atoms with Crippen LogP contribution in [0, 0.1) is 4.77 Å². The van der Waals surface area contributed by atoms with E-state index in [2.05, 4.69) is 27.1 Å². The lowest BCUT2D eigenvalue weighted by Crippen LogP contribution is -2.13. The summed E-state index contributed by atoms with van der Waals surface area (Å²) < 4.78 is 7.95. The van der Waals surface area contributed by atoms with Crippen molar-refractivity contribution in [3.8, 4) is 5.75 Å². The van der Waals surface area contributed by atoms with Gasteiger partial charge in [0.15, 0.2) is 0 Å². The Labute approximate surface area is 131 Å². The molecular weight excluding hydrogens is 304 g/mol. The Morgan fingerprint density at radius 3 is 2.81 bits per heavy atom. The predicted molar refractivity (Wildman–Crippen MR) is 85.6 cm³/mol. The number of nitrogens with zero attached hydrogens (tertiary/aromatic N) is 2. The molecule has 0 aliphatic heterocycles. The van der Waals surface area contributed by atoms with Crippen molar-refractivity contribution >= 4 is 23.6 Å². The van der Waals surface area contributed by atoms with E-state index in [4.69, 9.17) is 17.0 Å². The summed E-state index contributed by atoms with van der Waals surface area (Å²) in [5, 5.41) is 8.59. The lowest BCUT2D eigenvalue weighted by molar-refractivity contribution is 0.310. The first-order valence-corrected chi connectivity index (χ1v) is 7.70. The van der Waals surface area contributed by atoms with Gasteiger partial charge in [-0.3, -0.25) is 5.10 Å². The number of rotatable bonds is 6. The van der Waals surface area contributed by atoms with Crippen LogP contribution < -0.4 is 10.2 Å². The van der Waals surface area contributed by atoms with Gasteiger partial charge in [-0.2, -0.15) is 5.10 Å². The van der Waals surface area contributed by atoms with Gasteiger partial charge in [-0.25, -0.2) is 4.68 Å². The Hall–Kier alpha value is -2.12. The van der Waals surface area contributed by atoms with Gasteiger partial charge in [0.2, 0.25) is 4.77 Å². The van der Waals surface area contributed by atoms with Crippen molar-refractivity contribution < 1.29 is 4.74 Å². The number of hydrogen-bond donors (Lipinski definition) is 2. The zero-order chi connectivity index (χ0) is 14.5. The molecule has 0 aliphatic rings. The zero-order valence-corrected chi connectivity index (χ0v) is 12.8. The van der Waals surface area contributed by atoms with E-state index in [1.165, 1.54) is 4.88 Å². The number of ether oxygens (including phenoxy) is 1. The monoisotopic (exact) mass is 318 g/mol. The largest absolute Gasteiger partial charge is 0.488 e. The van der Waals surface area contributed by atoms with Crippen LogP contribution in [0.15, 0.2) is 48.1 Å². The first-order valence-electron chi connectivity index (χ1n) is 6.41. The van der Waals surface area contributed by atoms with Gasteiger partial charge in [0.1, 0.15) is 18.7 Å². The van der Waals surface area contributed by atoms with Crippen LogP contribution >= 0.6 is 23.6 Å². The highest BCUT2D eigenvalue weighted by atomic mass is 32.1. The second-order valence-electron chi connectivity index (χ2n) is 4.38. The van der Waals surface area contributed by atoms with E-state index in [1.54, 1.807) is 22.3 Å². The van der Waals surface area contributed by atoms with Crippen molar-refractivity contribution in [1.29, 1.82) is 0 Å². The van der Waals surface area contributed by atoms with Crippen molar-refractivity contribution in [2.75, 3.05) is 5.43 Å². The minimum absolute atomic E-state index is 0.547. The van der Waals surface area contributed by atoms with Crippen LogP contribution in [-0.2, 0) is 13.2 Å². The molecule has 5 nitrogen and oxygen atoms in total. The Balaban J connectivity index is 1.54. The second-order valence-corrected chi connectivity index (χ2v) is 5.80. The Bertz CT molecular complexity index is 731. The van der Waals surface area contributed by atoms with E-state index in [-0.39, 0.29) is 0 Å². The highest BCUT2D eigenvalue weighted by molar-refractivity contribution is 7.71. The Morgan fingerprint density at radius 2 is 2.14 bits per heavy atom. The number of hydrogen-bond acceptors (Lipinski definition) is 5. The molecule has 2 N–H and O–H groups in total. The van der Waals surface area contributed by atoms with Crippen molar-refractivity contribution in [3.05, 3.63) is 63.3 Å². The second kappa shape index (κ2) is 6.55. The number of aromatic amines is 1. The molecule has 0 saturated heterocycles. The zero-order valence-electron chi connectivity index (χ0n) is 11.2. The molecule has 2 aromatic heterocycles. The first-order chi connectivity index (χ1) is 10.3. The fourth-order valence-corrected chi connectivity index (χ4v) is 2.57. The van der Waals surface area contributed by atoms with Gasteiger partial charge >= 0.3 is 0 Å². The number of nitrogens with one attached hydrogen (secondary N) is 2. The van der Waals surface area contributed by atoms with Gasteiger partial charge in [-0.05, 0) is 41.4 Å². The molecule has 1 aromatic carbocycles. The minimum Gasteiger partial charge on any atom is -0.488 e. The standard InChI is InChI=1S/C14H14N4OS2/c20-14-17-15-10-18(14)16-8-11-3-5-12(6-4-11)19-9-13-2-1-7-21-13/h1-7,10,16H,8-9H2,(H,17,20). The molecule has 0 bridgehead atoms. The summed E-state index contributed by atoms with van der Waals surface area (Å²) in [6.07, 6.45) is 1.61. The van der Waals surface area contributed by atoms with Crippen molar-refractivity contribution in [2.45, 2.75) is 13.2 Å². The van der Waals surface area contributed by atoms with Crippen LogP contribution in [0.1, 0.15) is 10.4 Å². The minimum atomic E-state index is 0.547. The molecular formula is C14H14N4OS2. The molecule has 0 radical (unpaired) electrons. The summed E-state index contributed by atoms with van der Waals surface area (Å²) in [4.78, 5) is 1.22. The molecule has 0 saturated carbocycles. The maximum absolute atomic E-state index is 5.73. The van der Waals surface area contributed by atoms with Crippen molar-refractivity contribution in [2.24, 2.45) is 0 Å². The summed E-state index contributed by atoms with van der Waals surface area (Å²) in [7, 11) is 0. The van der Waals surface area contributed by atoms with Gasteiger partial charge in [-0.15, -0.1) is 11.3 Å². The third-order valence-corrected chi connectivity index (χ3v) is 4.03. The molecule has 0 fully saturated rings. The number of benzene rings is 1. The SMILES string of the molecule is S=c1[nH]ncn1NCc1ccc(OCc2cccs2)cc1. The highest BCUT2D eigenvalue weighted by Gasteiger charge is 1.99. The summed E-state index contributed by atoms with van der Waals surface area (Å²) >= 11 is 6.76. The molecule has 0 unspecified atom stereocenters. The summed E-state index contributed by atoms with van der Waals surface area (Å²) in [6, 6.07) is 12.1. The van der Waals surface area contributed by atoms with E-state index in [0.29, 0.717) is 17.9 Å². The van der Waals surface area contributed by atoms with E-state index in [1.807, 2.05) is 30.3 Å². The summed E-state index contributed by atoms with van der Waals surface area (Å²) in [5.41, 5.74) is 4.30. The Morgan fingerprint density at radius 1 is 1.29 bits per heavy atom.